The Morgan fingerprint density at radius 2 is 2.00 bits per heavy atom. The zero-order chi connectivity index (χ0) is 18.8. The second kappa shape index (κ2) is 8.14. The molecular formula is C21H30BrNO2S. The van der Waals surface area contributed by atoms with Gasteiger partial charge in [0.25, 0.3) is 0 Å². The number of alkyl carbamates (subject to hydrolysis) is 1. The molecule has 3 rings (SSSR count). The Balaban J connectivity index is 1.56. The predicted molar refractivity (Wildman–Crippen MR) is 112 cm³/mol. The van der Waals surface area contributed by atoms with Crippen LogP contribution in [0.5, 0.6) is 0 Å². The standard InChI is InChI=1S/C21H30BrNO2S/c1-20(2,3)25-19(24)23-18-10-12-21(11-4-5-15(18)13-21)14-26-17-8-6-16(22)7-9-17/h6-9,15,18H,4-5,10-14H2,1-3H3,(H,23,24). The van der Waals surface area contributed by atoms with Gasteiger partial charge < -0.3 is 10.1 Å². The number of fused-ring (bicyclic) bond motifs is 2. The van der Waals surface area contributed by atoms with Gasteiger partial charge in [0.05, 0.1) is 0 Å². The number of carbonyl (C=O) groups is 1. The molecule has 0 heterocycles. The highest BCUT2D eigenvalue weighted by atomic mass is 79.9. The van der Waals surface area contributed by atoms with Crippen molar-refractivity contribution in [2.24, 2.45) is 11.3 Å². The molecule has 1 aromatic carbocycles. The topological polar surface area (TPSA) is 38.3 Å². The van der Waals surface area contributed by atoms with Crippen LogP contribution < -0.4 is 5.32 Å². The van der Waals surface area contributed by atoms with E-state index in [0.29, 0.717) is 11.3 Å². The summed E-state index contributed by atoms with van der Waals surface area (Å²) in [6.45, 7) is 5.75. The van der Waals surface area contributed by atoms with Gasteiger partial charge in [-0.1, -0.05) is 22.4 Å². The van der Waals surface area contributed by atoms with Crippen LogP contribution in [0.2, 0.25) is 0 Å². The SMILES string of the molecule is CC(C)(C)OC(=O)NC1CCC2(CSc3ccc(Br)cc3)CCCC1C2. The number of thioether (sulfide) groups is 1. The van der Waals surface area contributed by atoms with E-state index >= 15 is 0 Å². The smallest absolute Gasteiger partial charge is 0.407 e. The molecule has 3 unspecified atom stereocenters. The van der Waals surface area contributed by atoms with Gasteiger partial charge in [0, 0.05) is 21.2 Å². The van der Waals surface area contributed by atoms with Crippen LogP contribution in [-0.2, 0) is 4.74 Å². The second-order valence-electron chi connectivity index (χ2n) is 8.89. The maximum absolute atomic E-state index is 12.2. The van der Waals surface area contributed by atoms with Crippen molar-refractivity contribution < 1.29 is 9.53 Å². The molecule has 144 valence electrons. The highest BCUT2D eigenvalue weighted by Crippen LogP contribution is 2.51. The van der Waals surface area contributed by atoms with Crippen LogP contribution >= 0.6 is 27.7 Å². The van der Waals surface area contributed by atoms with E-state index < -0.39 is 5.60 Å². The van der Waals surface area contributed by atoms with Crippen LogP contribution in [0.4, 0.5) is 4.79 Å². The number of carbonyl (C=O) groups excluding carboxylic acids is 1. The average molecular weight is 440 g/mol. The lowest BCUT2D eigenvalue weighted by Crippen LogP contribution is -2.50. The number of hydrogen-bond donors (Lipinski definition) is 1. The lowest BCUT2D eigenvalue weighted by molar-refractivity contribution is 0.0330. The zero-order valence-electron chi connectivity index (χ0n) is 16.0. The maximum atomic E-state index is 12.2. The summed E-state index contributed by atoms with van der Waals surface area (Å²) in [6, 6.07) is 8.90. The van der Waals surface area contributed by atoms with Crippen molar-refractivity contribution in [3.8, 4) is 0 Å². The Morgan fingerprint density at radius 1 is 1.27 bits per heavy atom. The van der Waals surface area contributed by atoms with E-state index in [1.54, 1.807) is 0 Å². The first-order chi connectivity index (χ1) is 12.2. The molecular weight excluding hydrogens is 410 g/mol. The van der Waals surface area contributed by atoms with Gasteiger partial charge in [-0.2, -0.15) is 0 Å². The number of halogens is 1. The monoisotopic (exact) mass is 439 g/mol. The molecule has 0 saturated heterocycles. The highest BCUT2D eigenvalue weighted by Gasteiger charge is 2.44. The molecule has 2 fully saturated rings. The van der Waals surface area contributed by atoms with Gasteiger partial charge in [-0.05, 0) is 88.5 Å². The molecule has 2 aliphatic carbocycles. The number of ether oxygens (including phenoxy) is 1. The van der Waals surface area contributed by atoms with Gasteiger partial charge in [-0.3, -0.25) is 0 Å². The van der Waals surface area contributed by atoms with E-state index in [4.69, 9.17) is 4.74 Å². The molecule has 0 aliphatic heterocycles. The lowest BCUT2D eigenvalue weighted by atomic mass is 9.61. The van der Waals surface area contributed by atoms with Gasteiger partial charge in [0.1, 0.15) is 5.60 Å². The number of nitrogens with one attached hydrogen (secondary N) is 1. The van der Waals surface area contributed by atoms with E-state index in [-0.39, 0.29) is 12.1 Å². The van der Waals surface area contributed by atoms with Crippen LogP contribution in [-0.4, -0.2) is 23.5 Å². The largest absolute Gasteiger partial charge is 0.444 e. The van der Waals surface area contributed by atoms with Crippen LogP contribution in [0.1, 0.15) is 59.3 Å². The van der Waals surface area contributed by atoms with Gasteiger partial charge >= 0.3 is 6.09 Å². The Labute approximate surface area is 170 Å². The molecule has 5 heteroatoms. The summed E-state index contributed by atoms with van der Waals surface area (Å²) in [5, 5.41) is 3.15. The fraction of sp³-hybridized carbons (Fsp3) is 0.667. The highest BCUT2D eigenvalue weighted by molar-refractivity contribution is 9.10. The normalized spacial score (nSPS) is 28.5. The molecule has 2 bridgehead atoms. The summed E-state index contributed by atoms with van der Waals surface area (Å²) in [4.78, 5) is 13.5. The fourth-order valence-corrected chi connectivity index (χ4v) is 5.86. The van der Waals surface area contributed by atoms with Gasteiger partial charge in [-0.25, -0.2) is 4.79 Å². The second-order valence-corrected chi connectivity index (χ2v) is 10.9. The van der Waals surface area contributed by atoms with E-state index in [2.05, 4.69) is 45.5 Å². The van der Waals surface area contributed by atoms with Gasteiger partial charge in [0.15, 0.2) is 0 Å². The van der Waals surface area contributed by atoms with Crippen molar-refractivity contribution in [2.45, 2.75) is 75.8 Å². The van der Waals surface area contributed by atoms with E-state index in [9.17, 15) is 4.79 Å². The summed E-state index contributed by atoms with van der Waals surface area (Å²) >= 11 is 5.49. The van der Waals surface area contributed by atoms with E-state index in [0.717, 1.165) is 10.9 Å². The minimum Gasteiger partial charge on any atom is -0.444 e. The molecule has 1 amide bonds. The van der Waals surface area contributed by atoms with Crippen molar-refractivity contribution >= 4 is 33.8 Å². The van der Waals surface area contributed by atoms with E-state index in [1.165, 1.54) is 42.8 Å². The van der Waals surface area contributed by atoms with Crippen LogP contribution in [0, 0.1) is 11.3 Å². The lowest BCUT2D eigenvalue weighted by Gasteiger charge is -2.48. The average Bonchev–Trinajstić information content (AvgIpc) is 2.56. The fourth-order valence-electron chi connectivity index (χ4n) is 4.39. The van der Waals surface area contributed by atoms with Crippen molar-refractivity contribution in [3.05, 3.63) is 28.7 Å². The molecule has 26 heavy (non-hydrogen) atoms. The Bertz CT molecular complexity index is 628. The summed E-state index contributed by atoms with van der Waals surface area (Å²) in [6.07, 6.45) is 7.08. The van der Waals surface area contributed by atoms with Crippen molar-refractivity contribution in [3.63, 3.8) is 0 Å². The number of benzene rings is 1. The quantitative estimate of drug-likeness (QED) is 0.550. The van der Waals surface area contributed by atoms with Crippen LogP contribution in [0.15, 0.2) is 33.6 Å². The van der Waals surface area contributed by atoms with Crippen LogP contribution in [0.25, 0.3) is 0 Å². The molecule has 2 saturated carbocycles. The molecule has 3 nitrogen and oxygen atoms in total. The Hall–Kier alpha value is -0.680. The number of hydrogen-bond acceptors (Lipinski definition) is 3. The Kier molecular flexibility index (Phi) is 6.28. The molecule has 1 N–H and O–H groups in total. The molecule has 1 aromatic rings. The summed E-state index contributed by atoms with van der Waals surface area (Å²) in [5.41, 5.74) is 0.00313. The number of rotatable bonds is 4. The van der Waals surface area contributed by atoms with Gasteiger partial charge in [-0.15, -0.1) is 11.8 Å². The molecule has 0 spiro atoms. The third-order valence-corrected chi connectivity index (χ3v) is 7.48. The van der Waals surface area contributed by atoms with Crippen molar-refractivity contribution in [1.29, 1.82) is 0 Å². The Morgan fingerprint density at radius 3 is 2.69 bits per heavy atom. The van der Waals surface area contributed by atoms with Crippen molar-refractivity contribution in [2.75, 3.05) is 5.75 Å². The van der Waals surface area contributed by atoms with Gasteiger partial charge in [0.2, 0.25) is 0 Å². The number of amides is 1. The maximum Gasteiger partial charge on any atom is 0.407 e. The third kappa shape index (κ3) is 5.41. The van der Waals surface area contributed by atoms with Crippen LogP contribution in [0.3, 0.4) is 0 Å². The van der Waals surface area contributed by atoms with E-state index in [1.807, 2.05) is 32.5 Å². The predicted octanol–water partition coefficient (Wildman–Crippen LogP) is 6.40. The summed E-state index contributed by atoms with van der Waals surface area (Å²) < 4.78 is 6.59. The first-order valence-corrected chi connectivity index (χ1v) is 11.4. The molecule has 3 atom stereocenters. The zero-order valence-corrected chi connectivity index (χ0v) is 18.4. The summed E-state index contributed by atoms with van der Waals surface area (Å²) in [5.74, 6) is 1.78. The molecule has 2 aliphatic rings. The minimum absolute atomic E-state index is 0.259. The first kappa shape index (κ1) is 20.1. The van der Waals surface area contributed by atoms with Crippen molar-refractivity contribution in [1.82, 2.24) is 5.32 Å². The molecule has 0 radical (unpaired) electrons. The first-order valence-electron chi connectivity index (χ1n) is 9.63. The third-order valence-electron chi connectivity index (χ3n) is 5.59. The molecule has 0 aromatic heterocycles. The summed E-state index contributed by atoms with van der Waals surface area (Å²) in [7, 11) is 0. The minimum atomic E-state index is -0.434.